The van der Waals surface area contributed by atoms with Gasteiger partial charge >= 0.3 is 6.03 Å². The fraction of sp³-hybridized carbons (Fsp3) is 0.381. The first-order chi connectivity index (χ1) is 14.0. The number of H-pyrrole nitrogens is 1. The molecule has 0 aliphatic carbocycles. The molecule has 8 nitrogen and oxygen atoms in total. The molecular formula is C21H25N5O3. The minimum absolute atomic E-state index is 0.0319. The highest BCUT2D eigenvalue weighted by Crippen LogP contribution is 2.23. The second-order valence-corrected chi connectivity index (χ2v) is 7.06. The number of urea groups is 1. The Kier molecular flexibility index (Phi) is 5.00. The van der Waals surface area contributed by atoms with Crippen LogP contribution in [0.2, 0.25) is 0 Å². The lowest BCUT2D eigenvalue weighted by atomic mass is 10.1. The number of carbonyl (C=O) groups excluding carboxylic acids is 1. The van der Waals surface area contributed by atoms with Crippen molar-refractivity contribution < 1.29 is 9.53 Å². The Bertz CT molecular complexity index is 1100. The van der Waals surface area contributed by atoms with E-state index in [1.807, 2.05) is 44.2 Å². The fourth-order valence-electron chi connectivity index (χ4n) is 3.76. The number of fused-ring (bicyclic) bond motifs is 2. The average molecular weight is 395 g/mol. The maximum atomic E-state index is 13.1. The van der Waals surface area contributed by atoms with Gasteiger partial charge in [0.15, 0.2) is 5.65 Å². The van der Waals surface area contributed by atoms with Crippen molar-refractivity contribution in [3.8, 4) is 17.0 Å². The van der Waals surface area contributed by atoms with Crippen LogP contribution in [0.25, 0.3) is 16.9 Å². The molecule has 0 saturated carbocycles. The molecule has 0 bridgehead atoms. The van der Waals surface area contributed by atoms with Crippen LogP contribution >= 0.6 is 0 Å². The molecule has 2 aromatic heterocycles. The number of aromatic nitrogens is 3. The first-order valence-corrected chi connectivity index (χ1v) is 9.87. The van der Waals surface area contributed by atoms with Gasteiger partial charge in [-0.2, -0.15) is 0 Å². The van der Waals surface area contributed by atoms with Crippen molar-refractivity contribution in [2.45, 2.75) is 26.8 Å². The van der Waals surface area contributed by atoms with Gasteiger partial charge in [0, 0.05) is 32.1 Å². The molecule has 2 amide bonds. The second-order valence-electron chi connectivity index (χ2n) is 7.06. The normalized spacial score (nSPS) is 13.4. The van der Waals surface area contributed by atoms with Crippen molar-refractivity contribution in [2.24, 2.45) is 0 Å². The Hall–Kier alpha value is -3.29. The lowest BCUT2D eigenvalue weighted by Gasteiger charge is -2.32. The van der Waals surface area contributed by atoms with Gasteiger partial charge in [-0.25, -0.2) is 14.3 Å². The Morgan fingerprint density at radius 2 is 1.97 bits per heavy atom. The van der Waals surface area contributed by atoms with Gasteiger partial charge in [0.25, 0.3) is 5.56 Å². The third-order valence-corrected chi connectivity index (χ3v) is 5.47. The fourth-order valence-corrected chi connectivity index (χ4v) is 3.76. The van der Waals surface area contributed by atoms with Crippen molar-refractivity contribution in [3.63, 3.8) is 0 Å². The van der Waals surface area contributed by atoms with Crippen LogP contribution in [0.3, 0.4) is 0 Å². The molecule has 1 aliphatic rings. The molecular weight excluding hydrogens is 370 g/mol. The van der Waals surface area contributed by atoms with Gasteiger partial charge in [0.1, 0.15) is 5.75 Å². The van der Waals surface area contributed by atoms with E-state index in [1.54, 1.807) is 16.9 Å². The third kappa shape index (κ3) is 3.35. The van der Waals surface area contributed by atoms with Crippen molar-refractivity contribution in [1.82, 2.24) is 24.4 Å². The molecule has 4 rings (SSSR count). The summed E-state index contributed by atoms with van der Waals surface area (Å²) in [4.78, 5) is 34.0. The molecule has 1 aliphatic heterocycles. The SMILES string of the molecule is CCN(CC)C(=O)N1CCc2nc3cc(-c4ccc(OC)cc4)[nH]n3c(=O)c2C1. The summed E-state index contributed by atoms with van der Waals surface area (Å²) in [7, 11) is 1.63. The van der Waals surface area contributed by atoms with Crippen LogP contribution in [0.4, 0.5) is 4.79 Å². The minimum Gasteiger partial charge on any atom is -0.497 e. The van der Waals surface area contributed by atoms with Gasteiger partial charge in [0.05, 0.1) is 30.6 Å². The number of nitrogens with zero attached hydrogens (tertiary/aromatic N) is 4. The largest absolute Gasteiger partial charge is 0.497 e. The number of carbonyl (C=O) groups is 1. The zero-order chi connectivity index (χ0) is 20.5. The molecule has 152 valence electrons. The lowest BCUT2D eigenvalue weighted by Crippen LogP contribution is -2.47. The van der Waals surface area contributed by atoms with E-state index >= 15 is 0 Å². The molecule has 0 radical (unpaired) electrons. The van der Waals surface area contributed by atoms with Gasteiger partial charge < -0.3 is 14.5 Å². The van der Waals surface area contributed by atoms with E-state index in [0.717, 1.165) is 22.7 Å². The molecule has 3 aromatic rings. The van der Waals surface area contributed by atoms with Crippen LogP contribution in [-0.2, 0) is 13.0 Å². The molecule has 0 unspecified atom stereocenters. The van der Waals surface area contributed by atoms with E-state index in [9.17, 15) is 9.59 Å². The highest BCUT2D eigenvalue weighted by Gasteiger charge is 2.27. The van der Waals surface area contributed by atoms with E-state index in [0.29, 0.717) is 37.3 Å². The number of nitrogens with one attached hydrogen (secondary N) is 1. The van der Waals surface area contributed by atoms with Crippen molar-refractivity contribution in [2.75, 3.05) is 26.7 Å². The number of hydrogen-bond donors (Lipinski definition) is 1. The van der Waals surface area contributed by atoms with E-state index in [1.165, 1.54) is 4.52 Å². The van der Waals surface area contributed by atoms with Gasteiger partial charge in [-0.15, -0.1) is 0 Å². The van der Waals surface area contributed by atoms with Gasteiger partial charge in [-0.3, -0.25) is 9.89 Å². The summed E-state index contributed by atoms with van der Waals surface area (Å²) >= 11 is 0. The Morgan fingerprint density at radius 3 is 2.62 bits per heavy atom. The first kappa shape index (κ1) is 19.0. The van der Waals surface area contributed by atoms with Crippen LogP contribution in [-0.4, -0.2) is 57.2 Å². The van der Waals surface area contributed by atoms with Gasteiger partial charge in [0.2, 0.25) is 0 Å². The maximum absolute atomic E-state index is 13.1. The molecule has 0 spiro atoms. The van der Waals surface area contributed by atoms with Crippen LogP contribution in [0, 0.1) is 0 Å². The van der Waals surface area contributed by atoms with Crippen molar-refractivity contribution in [3.05, 3.63) is 51.9 Å². The quantitative estimate of drug-likeness (QED) is 0.736. The number of hydrogen-bond acceptors (Lipinski definition) is 4. The van der Waals surface area contributed by atoms with Gasteiger partial charge in [-0.05, 0) is 43.7 Å². The average Bonchev–Trinajstić information content (AvgIpc) is 3.19. The standard InChI is InChI=1S/C21H25N5O3/c1-4-24(5-2)21(28)25-11-10-17-16(13-25)20(27)26-19(22-17)12-18(23-26)14-6-8-15(29-3)9-7-14/h6-9,12,23H,4-5,10-11,13H2,1-3H3. The number of rotatable bonds is 4. The summed E-state index contributed by atoms with van der Waals surface area (Å²) in [5.41, 5.74) is 3.53. The topological polar surface area (TPSA) is 82.9 Å². The molecule has 1 N–H and O–H groups in total. The zero-order valence-electron chi connectivity index (χ0n) is 16.9. The predicted molar refractivity (Wildman–Crippen MR) is 110 cm³/mol. The lowest BCUT2D eigenvalue weighted by molar-refractivity contribution is 0.151. The molecule has 8 heteroatoms. The summed E-state index contributed by atoms with van der Waals surface area (Å²) in [5.74, 6) is 0.772. The van der Waals surface area contributed by atoms with Crippen LogP contribution in [0.1, 0.15) is 25.1 Å². The summed E-state index contributed by atoms with van der Waals surface area (Å²) in [5, 5.41) is 3.14. The van der Waals surface area contributed by atoms with E-state index in [-0.39, 0.29) is 18.1 Å². The van der Waals surface area contributed by atoms with E-state index in [2.05, 4.69) is 5.10 Å². The molecule has 3 heterocycles. The first-order valence-electron chi connectivity index (χ1n) is 9.87. The summed E-state index contributed by atoms with van der Waals surface area (Å²) in [6, 6.07) is 9.45. The van der Waals surface area contributed by atoms with Crippen molar-refractivity contribution >= 4 is 11.7 Å². The summed E-state index contributed by atoms with van der Waals surface area (Å²) < 4.78 is 6.66. The van der Waals surface area contributed by atoms with Crippen LogP contribution < -0.4 is 10.3 Å². The summed E-state index contributed by atoms with van der Waals surface area (Å²) in [6.45, 7) is 6.07. The zero-order valence-corrected chi connectivity index (χ0v) is 16.9. The molecule has 0 atom stereocenters. The van der Waals surface area contributed by atoms with Crippen molar-refractivity contribution in [1.29, 1.82) is 0 Å². The monoisotopic (exact) mass is 395 g/mol. The number of methoxy groups -OCH3 is 1. The van der Waals surface area contributed by atoms with Gasteiger partial charge in [-0.1, -0.05) is 0 Å². The van der Waals surface area contributed by atoms with Crippen LogP contribution in [0.5, 0.6) is 5.75 Å². The van der Waals surface area contributed by atoms with E-state index in [4.69, 9.17) is 9.72 Å². The summed E-state index contributed by atoms with van der Waals surface area (Å²) in [6.07, 6.45) is 0.580. The Morgan fingerprint density at radius 1 is 1.24 bits per heavy atom. The van der Waals surface area contributed by atoms with Crippen LogP contribution in [0.15, 0.2) is 35.1 Å². The Balaban J connectivity index is 1.69. The second kappa shape index (κ2) is 7.62. The minimum atomic E-state index is -0.151. The molecule has 0 saturated heterocycles. The smallest absolute Gasteiger partial charge is 0.320 e. The molecule has 0 fully saturated rings. The number of aromatic amines is 1. The highest BCUT2D eigenvalue weighted by molar-refractivity contribution is 5.74. The number of ether oxygens (including phenoxy) is 1. The maximum Gasteiger partial charge on any atom is 0.320 e. The number of amides is 2. The molecule has 29 heavy (non-hydrogen) atoms. The Labute approximate surface area is 168 Å². The predicted octanol–water partition coefficient (Wildman–Crippen LogP) is 2.52. The molecule has 1 aromatic carbocycles. The van der Waals surface area contributed by atoms with E-state index < -0.39 is 0 Å². The highest BCUT2D eigenvalue weighted by atomic mass is 16.5. The number of benzene rings is 1. The third-order valence-electron chi connectivity index (χ3n) is 5.47.